The maximum absolute atomic E-state index is 12.6. The molecular formula is C7H5F2N5O. The second-order valence-electron chi connectivity index (χ2n) is 2.60. The molecule has 0 bridgehead atoms. The number of hydrogen-bond acceptors (Lipinski definition) is 5. The summed E-state index contributed by atoms with van der Waals surface area (Å²) in [6, 6.07) is 0.786. The molecule has 0 spiro atoms. The van der Waals surface area contributed by atoms with Gasteiger partial charge >= 0.3 is 12.1 Å². The van der Waals surface area contributed by atoms with Crippen molar-refractivity contribution >= 4 is 0 Å². The predicted octanol–water partition coefficient (Wildman–Crippen LogP) is 0.676. The molecule has 2 aromatic rings. The van der Waals surface area contributed by atoms with Crippen molar-refractivity contribution in [3.63, 3.8) is 0 Å². The van der Waals surface area contributed by atoms with Crippen molar-refractivity contribution in [1.29, 1.82) is 0 Å². The van der Waals surface area contributed by atoms with E-state index in [4.69, 9.17) is 4.74 Å². The highest BCUT2D eigenvalue weighted by Gasteiger charge is 2.07. The third-order valence-corrected chi connectivity index (χ3v) is 1.42. The molecule has 2 heterocycles. The summed E-state index contributed by atoms with van der Waals surface area (Å²) in [4.78, 5) is 9.71. The van der Waals surface area contributed by atoms with Crippen molar-refractivity contribution < 1.29 is 13.5 Å². The molecule has 0 unspecified atom stereocenters. The lowest BCUT2D eigenvalue weighted by Gasteiger charge is -1.98. The lowest BCUT2D eigenvalue weighted by atomic mass is 10.6. The summed E-state index contributed by atoms with van der Waals surface area (Å²) >= 11 is 0. The summed E-state index contributed by atoms with van der Waals surface area (Å²) in [5, 5.41) is 3.74. The normalized spacial score (nSPS) is 10.3. The Bertz CT molecular complexity index is 466. The van der Waals surface area contributed by atoms with E-state index >= 15 is 0 Å². The highest BCUT2D eigenvalue weighted by molar-refractivity contribution is 5.11. The number of aromatic nitrogens is 5. The summed E-state index contributed by atoms with van der Waals surface area (Å²) in [6.07, 6.45) is 0.171. The van der Waals surface area contributed by atoms with Gasteiger partial charge in [-0.2, -0.15) is 23.7 Å². The standard InChI is InChI=1S/C7H5F2N5O/c1-14-3-10-7(13-14)15-5-2-4(8)11-6(9)12-5/h2-3H,1H3. The first-order valence-electron chi connectivity index (χ1n) is 3.87. The molecule has 0 saturated heterocycles. The summed E-state index contributed by atoms with van der Waals surface area (Å²) < 4.78 is 31.4. The average molecular weight is 213 g/mol. The van der Waals surface area contributed by atoms with E-state index < -0.39 is 12.0 Å². The average Bonchev–Trinajstić information content (AvgIpc) is 2.49. The van der Waals surface area contributed by atoms with E-state index in [2.05, 4.69) is 20.1 Å². The Labute approximate surface area is 82.6 Å². The molecule has 2 aromatic heterocycles. The Morgan fingerprint density at radius 2 is 2.13 bits per heavy atom. The fraction of sp³-hybridized carbons (Fsp3) is 0.143. The first-order valence-corrected chi connectivity index (χ1v) is 3.87. The molecule has 2 rings (SSSR count). The molecule has 0 aliphatic rings. The second kappa shape index (κ2) is 3.56. The SMILES string of the molecule is Cn1cnc(Oc2cc(F)nc(F)n2)n1. The molecule has 0 aliphatic heterocycles. The maximum atomic E-state index is 12.6. The first kappa shape index (κ1) is 9.44. The Morgan fingerprint density at radius 3 is 2.73 bits per heavy atom. The van der Waals surface area contributed by atoms with Gasteiger partial charge in [0, 0.05) is 7.05 Å². The molecule has 0 fully saturated rings. The van der Waals surface area contributed by atoms with Gasteiger partial charge in [-0.05, 0) is 0 Å². The van der Waals surface area contributed by atoms with Gasteiger partial charge in [0.15, 0.2) is 0 Å². The first-order chi connectivity index (χ1) is 7.13. The van der Waals surface area contributed by atoms with Gasteiger partial charge in [0.05, 0.1) is 6.07 Å². The number of hydrogen-bond donors (Lipinski definition) is 0. The number of aryl methyl sites for hydroxylation is 1. The third kappa shape index (κ3) is 2.22. The van der Waals surface area contributed by atoms with Crippen LogP contribution in [0.1, 0.15) is 0 Å². The number of halogens is 2. The van der Waals surface area contributed by atoms with Gasteiger partial charge in [-0.1, -0.05) is 0 Å². The second-order valence-corrected chi connectivity index (χ2v) is 2.60. The zero-order valence-electron chi connectivity index (χ0n) is 7.55. The molecule has 0 aliphatic carbocycles. The topological polar surface area (TPSA) is 65.7 Å². The molecule has 78 valence electrons. The Balaban J connectivity index is 2.24. The van der Waals surface area contributed by atoms with Crippen molar-refractivity contribution in [2.24, 2.45) is 7.05 Å². The van der Waals surface area contributed by atoms with Crippen LogP contribution < -0.4 is 4.74 Å². The molecular weight excluding hydrogens is 208 g/mol. The van der Waals surface area contributed by atoms with Crippen molar-refractivity contribution in [2.45, 2.75) is 0 Å². The zero-order valence-corrected chi connectivity index (χ0v) is 7.55. The zero-order chi connectivity index (χ0) is 10.8. The largest absolute Gasteiger partial charge is 0.404 e. The van der Waals surface area contributed by atoms with Crippen LogP contribution in [0.2, 0.25) is 0 Å². The van der Waals surface area contributed by atoms with E-state index in [0.29, 0.717) is 0 Å². The lowest BCUT2D eigenvalue weighted by Crippen LogP contribution is -1.97. The minimum Gasteiger partial charge on any atom is -0.404 e. The molecule has 0 atom stereocenters. The molecule has 0 radical (unpaired) electrons. The van der Waals surface area contributed by atoms with Gasteiger partial charge in [0.25, 0.3) is 0 Å². The van der Waals surface area contributed by atoms with E-state index in [-0.39, 0.29) is 11.9 Å². The van der Waals surface area contributed by atoms with Crippen LogP contribution in [0.4, 0.5) is 8.78 Å². The van der Waals surface area contributed by atoms with Gasteiger partial charge in [0.1, 0.15) is 6.33 Å². The van der Waals surface area contributed by atoms with Crippen molar-refractivity contribution in [2.75, 3.05) is 0 Å². The number of ether oxygens (including phenoxy) is 1. The van der Waals surface area contributed by atoms with Crippen molar-refractivity contribution in [3.8, 4) is 11.9 Å². The molecule has 0 aromatic carbocycles. The third-order valence-electron chi connectivity index (χ3n) is 1.42. The van der Waals surface area contributed by atoms with E-state index in [1.165, 1.54) is 11.0 Å². The van der Waals surface area contributed by atoms with Gasteiger partial charge in [0.2, 0.25) is 11.8 Å². The minimum absolute atomic E-state index is 0.0463. The van der Waals surface area contributed by atoms with E-state index in [1.807, 2.05) is 0 Å². The lowest BCUT2D eigenvalue weighted by molar-refractivity contribution is 0.390. The van der Waals surface area contributed by atoms with Gasteiger partial charge in [-0.25, -0.2) is 0 Å². The highest BCUT2D eigenvalue weighted by atomic mass is 19.1. The maximum Gasteiger partial charge on any atom is 0.342 e. The summed E-state index contributed by atoms with van der Waals surface area (Å²) in [5.74, 6) is -1.31. The van der Waals surface area contributed by atoms with Crippen LogP contribution in [-0.2, 0) is 7.05 Å². The number of rotatable bonds is 2. The van der Waals surface area contributed by atoms with Crippen molar-refractivity contribution in [3.05, 3.63) is 24.4 Å². The van der Waals surface area contributed by atoms with E-state index in [1.54, 1.807) is 7.05 Å². The quantitative estimate of drug-likeness (QED) is 0.542. The molecule has 0 N–H and O–H groups in total. The molecule has 15 heavy (non-hydrogen) atoms. The fourth-order valence-electron chi connectivity index (χ4n) is 0.883. The van der Waals surface area contributed by atoms with E-state index in [9.17, 15) is 8.78 Å². The monoisotopic (exact) mass is 213 g/mol. The van der Waals surface area contributed by atoms with Crippen LogP contribution in [0.5, 0.6) is 11.9 Å². The number of nitrogens with zero attached hydrogens (tertiary/aromatic N) is 5. The summed E-state index contributed by atoms with van der Waals surface area (Å²) in [7, 11) is 1.63. The van der Waals surface area contributed by atoms with Crippen LogP contribution in [-0.4, -0.2) is 24.7 Å². The van der Waals surface area contributed by atoms with Crippen LogP contribution in [0.15, 0.2) is 12.4 Å². The summed E-state index contributed by atoms with van der Waals surface area (Å²) in [6.45, 7) is 0. The molecule has 6 nitrogen and oxygen atoms in total. The molecule has 0 amide bonds. The molecule has 0 saturated carbocycles. The van der Waals surface area contributed by atoms with E-state index in [0.717, 1.165) is 6.07 Å². The van der Waals surface area contributed by atoms with Crippen LogP contribution in [0, 0.1) is 12.0 Å². The molecule has 8 heteroatoms. The Kier molecular flexibility index (Phi) is 2.24. The van der Waals surface area contributed by atoms with Gasteiger partial charge < -0.3 is 4.74 Å². The smallest absolute Gasteiger partial charge is 0.342 e. The Morgan fingerprint density at radius 1 is 1.33 bits per heavy atom. The minimum atomic E-state index is -1.21. The summed E-state index contributed by atoms with van der Waals surface area (Å²) in [5.41, 5.74) is 0. The highest BCUT2D eigenvalue weighted by Crippen LogP contribution is 2.14. The predicted molar refractivity (Wildman–Crippen MR) is 43.0 cm³/mol. The fourth-order valence-corrected chi connectivity index (χ4v) is 0.883. The van der Waals surface area contributed by atoms with Gasteiger partial charge in [-0.15, -0.1) is 5.10 Å². The van der Waals surface area contributed by atoms with Gasteiger partial charge in [-0.3, -0.25) is 4.68 Å². The van der Waals surface area contributed by atoms with Crippen LogP contribution in [0.3, 0.4) is 0 Å². The van der Waals surface area contributed by atoms with Crippen LogP contribution in [0.25, 0.3) is 0 Å². The Hall–Kier alpha value is -2.12. The van der Waals surface area contributed by atoms with Crippen molar-refractivity contribution in [1.82, 2.24) is 24.7 Å². The van der Waals surface area contributed by atoms with Crippen LogP contribution >= 0.6 is 0 Å².